The Bertz CT molecular complexity index is 582. The molecule has 1 aromatic heterocycles. The van der Waals surface area contributed by atoms with E-state index in [9.17, 15) is 13.2 Å². The van der Waals surface area contributed by atoms with E-state index in [0.29, 0.717) is 6.07 Å². The van der Waals surface area contributed by atoms with Gasteiger partial charge in [0.05, 0.1) is 6.54 Å². The molecular weight excluding hydrogens is 259 g/mol. The molecule has 0 amide bonds. The van der Waals surface area contributed by atoms with Crippen LogP contribution in [0.2, 0.25) is 0 Å². The number of rotatable bonds is 4. The van der Waals surface area contributed by atoms with Crippen LogP contribution in [-0.2, 0) is 6.54 Å². The van der Waals surface area contributed by atoms with Crippen LogP contribution >= 0.6 is 0 Å². The third-order valence-electron chi connectivity index (χ3n) is 2.40. The zero-order chi connectivity index (χ0) is 14.0. The molecule has 1 aromatic carbocycles. The van der Waals surface area contributed by atoms with Crippen LogP contribution in [0.1, 0.15) is 19.7 Å². The molecule has 0 unspecified atom stereocenters. The Morgan fingerprint density at radius 1 is 1.26 bits per heavy atom. The zero-order valence-corrected chi connectivity index (χ0v) is 10.4. The highest BCUT2D eigenvalue weighted by Crippen LogP contribution is 2.18. The summed E-state index contributed by atoms with van der Waals surface area (Å²) in [4.78, 5) is 0. The average Bonchev–Trinajstić information content (AvgIpc) is 2.79. The second kappa shape index (κ2) is 5.35. The van der Waals surface area contributed by atoms with Gasteiger partial charge in [-0.3, -0.25) is 0 Å². The van der Waals surface area contributed by atoms with E-state index in [4.69, 9.17) is 0 Å². The van der Waals surface area contributed by atoms with Gasteiger partial charge in [-0.15, -0.1) is 5.10 Å². The zero-order valence-electron chi connectivity index (χ0n) is 10.4. The van der Waals surface area contributed by atoms with Crippen molar-refractivity contribution in [2.24, 2.45) is 0 Å². The first-order chi connectivity index (χ1) is 8.99. The Labute approximate surface area is 107 Å². The van der Waals surface area contributed by atoms with Crippen molar-refractivity contribution >= 4 is 0 Å². The van der Waals surface area contributed by atoms with E-state index in [1.807, 2.05) is 13.8 Å². The molecular formula is C11H12F3N5. The monoisotopic (exact) mass is 271 g/mol. The Morgan fingerprint density at radius 2 is 2.00 bits per heavy atom. The molecule has 0 aliphatic rings. The fourth-order valence-corrected chi connectivity index (χ4v) is 1.50. The van der Waals surface area contributed by atoms with Crippen LogP contribution in [0.15, 0.2) is 12.1 Å². The predicted octanol–water partition coefficient (Wildman–Crippen LogP) is 1.58. The Hall–Kier alpha value is -1.96. The van der Waals surface area contributed by atoms with Gasteiger partial charge in [-0.25, -0.2) is 13.2 Å². The lowest BCUT2D eigenvalue weighted by Gasteiger charge is -2.09. The molecule has 2 rings (SSSR count). The fourth-order valence-electron chi connectivity index (χ4n) is 1.50. The van der Waals surface area contributed by atoms with E-state index >= 15 is 0 Å². The first kappa shape index (κ1) is 13.5. The third kappa shape index (κ3) is 2.90. The molecule has 0 atom stereocenters. The lowest BCUT2D eigenvalue weighted by molar-refractivity contribution is 0.483. The molecule has 19 heavy (non-hydrogen) atoms. The van der Waals surface area contributed by atoms with E-state index in [2.05, 4.69) is 20.8 Å². The van der Waals surface area contributed by atoms with Crippen molar-refractivity contribution in [1.29, 1.82) is 0 Å². The van der Waals surface area contributed by atoms with E-state index in [-0.39, 0.29) is 24.1 Å². The summed E-state index contributed by atoms with van der Waals surface area (Å²) in [5.74, 6) is -3.11. The minimum absolute atomic E-state index is 0.166. The summed E-state index contributed by atoms with van der Waals surface area (Å²) in [6, 6.07) is 1.47. The predicted molar refractivity (Wildman–Crippen MR) is 61.0 cm³/mol. The molecule has 0 spiro atoms. The van der Waals surface area contributed by atoms with Gasteiger partial charge in [0, 0.05) is 18.2 Å². The van der Waals surface area contributed by atoms with E-state index in [1.165, 1.54) is 0 Å². The fraction of sp³-hybridized carbons (Fsp3) is 0.364. The summed E-state index contributed by atoms with van der Waals surface area (Å²) >= 11 is 0. The second-order valence-corrected chi connectivity index (χ2v) is 4.26. The van der Waals surface area contributed by atoms with E-state index in [0.717, 1.165) is 10.7 Å². The van der Waals surface area contributed by atoms with Gasteiger partial charge in [-0.05, 0) is 10.4 Å². The molecule has 0 saturated heterocycles. The van der Waals surface area contributed by atoms with Crippen LogP contribution in [0.4, 0.5) is 13.2 Å². The normalized spacial score (nSPS) is 11.3. The molecule has 5 nitrogen and oxygen atoms in total. The number of nitrogens with one attached hydrogen (secondary N) is 1. The smallest absolute Gasteiger partial charge is 0.184 e. The number of hydrogen-bond acceptors (Lipinski definition) is 4. The summed E-state index contributed by atoms with van der Waals surface area (Å²) < 4.78 is 40.9. The standard InChI is InChI=1S/C11H12F3N5/c1-6(2)15-5-10-16-17-18-19(10)9-4-7(12)3-8(13)11(9)14/h3-4,6,15H,5H2,1-2H3. The lowest BCUT2D eigenvalue weighted by atomic mass is 10.3. The highest BCUT2D eigenvalue weighted by molar-refractivity contribution is 5.34. The number of aromatic nitrogens is 4. The highest BCUT2D eigenvalue weighted by atomic mass is 19.2. The quantitative estimate of drug-likeness (QED) is 0.858. The first-order valence-corrected chi connectivity index (χ1v) is 5.64. The van der Waals surface area contributed by atoms with Crippen LogP contribution in [0, 0.1) is 17.5 Å². The van der Waals surface area contributed by atoms with Crippen molar-refractivity contribution in [2.75, 3.05) is 0 Å². The van der Waals surface area contributed by atoms with Gasteiger partial charge in [-0.2, -0.15) is 4.68 Å². The topological polar surface area (TPSA) is 55.6 Å². The van der Waals surface area contributed by atoms with Gasteiger partial charge in [-0.1, -0.05) is 13.8 Å². The van der Waals surface area contributed by atoms with E-state index < -0.39 is 17.5 Å². The lowest BCUT2D eigenvalue weighted by Crippen LogP contribution is -2.24. The molecule has 0 fully saturated rings. The average molecular weight is 271 g/mol. The number of nitrogens with zero attached hydrogens (tertiary/aromatic N) is 4. The first-order valence-electron chi connectivity index (χ1n) is 5.64. The van der Waals surface area contributed by atoms with Crippen molar-refractivity contribution in [3.05, 3.63) is 35.4 Å². The summed E-state index contributed by atoms with van der Waals surface area (Å²) in [7, 11) is 0. The van der Waals surface area contributed by atoms with Gasteiger partial charge in [0.15, 0.2) is 17.5 Å². The summed E-state index contributed by atoms with van der Waals surface area (Å²) in [5.41, 5.74) is -0.358. The largest absolute Gasteiger partial charge is 0.308 e. The van der Waals surface area contributed by atoms with Crippen molar-refractivity contribution in [2.45, 2.75) is 26.4 Å². The number of hydrogen-bond donors (Lipinski definition) is 1. The molecule has 8 heteroatoms. The SMILES string of the molecule is CC(C)NCc1nnnn1-c1cc(F)cc(F)c1F. The molecule has 0 saturated carbocycles. The summed E-state index contributed by atoms with van der Waals surface area (Å²) in [6.07, 6.45) is 0. The maximum absolute atomic E-state index is 13.6. The van der Waals surface area contributed by atoms with E-state index in [1.54, 1.807) is 0 Å². The van der Waals surface area contributed by atoms with Crippen molar-refractivity contribution in [3.63, 3.8) is 0 Å². The van der Waals surface area contributed by atoms with Crippen LogP contribution in [0.25, 0.3) is 5.69 Å². The second-order valence-electron chi connectivity index (χ2n) is 4.26. The van der Waals surface area contributed by atoms with Crippen molar-refractivity contribution in [3.8, 4) is 5.69 Å². The molecule has 0 radical (unpaired) electrons. The molecule has 102 valence electrons. The minimum atomic E-state index is -1.28. The van der Waals surface area contributed by atoms with Crippen molar-refractivity contribution in [1.82, 2.24) is 25.5 Å². The van der Waals surface area contributed by atoms with Crippen LogP contribution < -0.4 is 5.32 Å². The molecule has 0 bridgehead atoms. The van der Waals surface area contributed by atoms with Crippen LogP contribution in [-0.4, -0.2) is 26.2 Å². The summed E-state index contributed by atoms with van der Waals surface area (Å²) in [5, 5.41) is 13.7. The minimum Gasteiger partial charge on any atom is -0.308 e. The van der Waals surface area contributed by atoms with Gasteiger partial charge in [0.1, 0.15) is 11.5 Å². The van der Waals surface area contributed by atoms with Gasteiger partial charge in [0.25, 0.3) is 0 Å². The molecule has 1 N–H and O–H groups in total. The Kier molecular flexibility index (Phi) is 3.79. The molecule has 0 aliphatic heterocycles. The molecule has 0 aliphatic carbocycles. The van der Waals surface area contributed by atoms with Gasteiger partial charge < -0.3 is 5.32 Å². The van der Waals surface area contributed by atoms with Crippen LogP contribution in [0.3, 0.4) is 0 Å². The Balaban J connectivity index is 2.40. The Morgan fingerprint density at radius 3 is 2.68 bits per heavy atom. The highest BCUT2D eigenvalue weighted by Gasteiger charge is 2.17. The number of halogens is 3. The van der Waals surface area contributed by atoms with Crippen LogP contribution in [0.5, 0.6) is 0 Å². The van der Waals surface area contributed by atoms with Gasteiger partial charge >= 0.3 is 0 Å². The van der Waals surface area contributed by atoms with Gasteiger partial charge in [0.2, 0.25) is 0 Å². The number of tetrazole rings is 1. The summed E-state index contributed by atoms with van der Waals surface area (Å²) in [6.45, 7) is 4.08. The molecule has 2 aromatic rings. The number of benzene rings is 1. The maximum Gasteiger partial charge on any atom is 0.184 e. The third-order valence-corrected chi connectivity index (χ3v) is 2.40. The molecule has 1 heterocycles. The van der Waals surface area contributed by atoms with Crippen molar-refractivity contribution < 1.29 is 13.2 Å². The maximum atomic E-state index is 13.6.